The number of benzene rings is 2. The number of carbonyl (C=O) groups is 1. The zero-order valence-electron chi connectivity index (χ0n) is 19.6. The Morgan fingerprint density at radius 3 is 2.58 bits per heavy atom. The van der Waals surface area contributed by atoms with E-state index in [9.17, 15) is 4.79 Å². The molecule has 0 aliphatic carbocycles. The lowest BCUT2D eigenvalue weighted by molar-refractivity contribution is 0.230. The lowest BCUT2D eigenvalue weighted by Gasteiger charge is -2.36. The van der Waals surface area contributed by atoms with Crippen molar-refractivity contribution in [2.75, 3.05) is 10.2 Å². The van der Waals surface area contributed by atoms with Crippen LogP contribution in [0.4, 0.5) is 27.9 Å². The molecule has 1 aliphatic rings. The molecule has 1 atom stereocenters. The van der Waals surface area contributed by atoms with Gasteiger partial charge >= 0.3 is 6.03 Å². The van der Waals surface area contributed by atoms with Crippen molar-refractivity contribution in [2.45, 2.75) is 32.5 Å². The van der Waals surface area contributed by atoms with Crippen LogP contribution in [-0.2, 0) is 0 Å². The highest BCUT2D eigenvalue weighted by Gasteiger charge is 2.31. The minimum absolute atomic E-state index is 0.341. The van der Waals surface area contributed by atoms with E-state index in [2.05, 4.69) is 29.7 Å². The second kappa shape index (κ2) is 9.53. The Kier molecular flexibility index (Phi) is 6.42. The highest BCUT2D eigenvalue weighted by Crippen LogP contribution is 2.42. The fourth-order valence-corrected chi connectivity index (χ4v) is 4.84. The summed E-state index contributed by atoms with van der Waals surface area (Å²) < 4.78 is 8.51. The second-order valence-corrected chi connectivity index (χ2v) is 10.5. The first kappa shape index (κ1) is 24.2. The average molecular weight is 541 g/mol. The Morgan fingerprint density at radius 2 is 1.83 bits per heavy atom. The van der Waals surface area contributed by atoms with Gasteiger partial charge in [-0.05, 0) is 63.3 Å². The van der Waals surface area contributed by atoms with Crippen molar-refractivity contribution in [3.63, 3.8) is 0 Å². The van der Waals surface area contributed by atoms with Crippen LogP contribution >= 0.6 is 34.9 Å². The van der Waals surface area contributed by atoms with Crippen LogP contribution in [0, 0.1) is 0 Å². The number of hydrogen-bond donors (Lipinski definition) is 3. The van der Waals surface area contributed by atoms with E-state index >= 15 is 0 Å². The number of amides is 2. The number of halogens is 2. The van der Waals surface area contributed by atoms with Gasteiger partial charge in [-0.2, -0.15) is 13.7 Å². The van der Waals surface area contributed by atoms with E-state index in [4.69, 9.17) is 28.2 Å². The second-order valence-electron chi connectivity index (χ2n) is 9.16. The van der Waals surface area contributed by atoms with Gasteiger partial charge in [0.2, 0.25) is 5.95 Å². The average Bonchev–Trinajstić information content (AvgIpc) is 3.27. The Morgan fingerprint density at radius 1 is 1.08 bits per heavy atom. The Bertz CT molecular complexity index is 1460. The number of carbonyl (C=O) groups excluding carboxylic acids is 1. The van der Waals surface area contributed by atoms with Crippen molar-refractivity contribution in [3.05, 3.63) is 64.3 Å². The highest BCUT2D eigenvalue weighted by atomic mass is 35.5. The number of aromatic nitrogens is 4. The van der Waals surface area contributed by atoms with Gasteiger partial charge in [-0.15, -0.1) is 0 Å². The molecule has 4 aromatic rings. The van der Waals surface area contributed by atoms with Crippen LogP contribution in [-0.4, -0.2) is 36.5 Å². The summed E-state index contributed by atoms with van der Waals surface area (Å²) in [6.07, 6.45) is 4.78. The zero-order valence-corrected chi connectivity index (χ0v) is 21.9. The summed E-state index contributed by atoms with van der Waals surface area (Å²) in [5, 5.41) is 9.96. The van der Waals surface area contributed by atoms with Crippen LogP contribution in [0.2, 0.25) is 10.0 Å². The predicted octanol–water partition coefficient (Wildman–Crippen LogP) is 6.12. The molecule has 12 heteroatoms. The van der Waals surface area contributed by atoms with Gasteiger partial charge in [0.05, 0.1) is 27.5 Å². The topological polar surface area (TPSA) is 108 Å². The number of anilines is 4. The predicted molar refractivity (Wildman–Crippen MR) is 146 cm³/mol. The van der Waals surface area contributed by atoms with Crippen molar-refractivity contribution >= 4 is 81.2 Å². The van der Waals surface area contributed by atoms with Gasteiger partial charge in [0.15, 0.2) is 0 Å². The molecule has 1 unspecified atom stereocenters. The Hall–Kier alpha value is -3.47. The highest BCUT2D eigenvalue weighted by molar-refractivity contribution is 7.00. The summed E-state index contributed by atoms with van der Waals surface area (Å²) in [5.74, 6) is 0.889. The molecule has 2 aromatic heterocycles. The summed E-state index contributed by atoms with van der Waals surface area (Å²) in [5.41, 5.74) is 3.22. The molecule has 0 spiro atoms. The number of hydrogen-bond acceptors (Lipinski definition) is 8. The van der Waals surface area contributed by atoms with E-state index in [1.54, 1.807) is 29.3 Å². The van der Waals surface area contributed by atoms with Crippen LogP contribution in [0.1, 0.15) is 26.3 Å². The molecule has 9 nitrogen and oxygen atoms in total. The Labute approximate surface area is 221 Å². The number of fused-ring (bicyclic) bond motifs is 2. The molecule has 36 heavy (non-hydrogen) atoms. The normalized spacial score (nSPS) is 15.0. The van der Waals surface area contributed by atoms with E-state index in [-0.39, 0.29) is 6.03 Å². The molecular weight excluding hydrogens is 519 g/mol. The molecule has 0 bridgehead atoms. The van der Waals surface area contributed by atoms with Gasteiger partial charge in [-0.1, -0.05) is 29.3 Å². The van der Waals surface area contributed by atoms with Gasteiger partial charge in [0.1, 0.15) is 23.0 Å². The third-order valence-corrected chi connectivity index (χ3v) is 6.38. The van der Waals surface area contributed by atoms with Crippen LogP contribution in [0.25, 0.3) is 17.1 Å². The van der Waals surface area contributed by atoms with Crippen LogP contribution in [0.3, 0.4) is 0 Å². The third kappa shape index (κ3) is 5.06. The molecule has 0 saturated carbocycles. The van der Waals surface area contributed by atoms with Gasteiger partial charge < -0.3 is 16.0 Å². The number of para-hydroxylation sites is 1. The maximum Gasteiger partial charge on any atom is 0.317 e. The molecule has 3 heterocycles. The van der Waals surface area contributed by atoms with Crippen molar-refractivity contribution in [1.29, 1.82) is 0 Å². The van der Waals surface area contributed by atoms with Crippen molar-refractivity contribution in [2.24, 2.45) is 0 Å². The fraction of sp³-hybridized carbons (Fsp3) is 0.208. The van der Waals surface area contributed by atoms with Crippen LogP contribution in [0.5, 0.6) is 0 Å². The van der Waals surface area contributed by atoms with Gasteiger partial charge in [-0.3, -0.25) is 4.90 Å². The van der Waals surface area contributed by atoms with Gasteiger partial charge in [0, 0.05) is 23.0 Å². The first-order valence-electron chi connectivity index (χ1n) is 11.0. The first-order valence-corrected chi connectivity index (χ1v) is 12.5. The van der Waals surface area contributed by atoms with Gasteiger partial charge in [-0.25, -0.2) is 9.78 Å². The van der Waals surface area contributed by atoms with Crippen LogP contribution < -0.4 is 20.9 Å². The smallest absolute Gasteiger partial charge is 0.317 e. The van der Waals surface area contributed by atoms with Crippen molar-refractivity contribution < 1.29 is 4.79 Å². The van der Waals surface area contributed by atoms with E-state index in [0.717, 1.165) is 34.0 Å². The number of urea groups is 1. The van der Waals surface area contributed by atoms with Crippen molar-refractivity contribution in [3.8, 4) is 0 Å². The summed E-state index contributed by atoms with van der Waals surface area (Å²) in [6, 6.07) is 10.6. The molecule has 3 N–H and O–H groups in total. The first-order chi connectivity index (χ1) is 17.2. The molecule has 184 valence electrons. The molecule has 0 radical (unpaired) electrons. The zero-order chi connectivity index (χ0) is 25.4. The maximum absolute atomic E-state index is 12.8. The molecule has 2 amide bonds. The van der Waals surface area contributed by atoms with E-state index in [0.29, 0.717) is 27.5 Å². The molecule has 2 aromatic carbocycles. The molecule has 0 saturated heterocycles. The van der Waals surface area contributed by atoms with Crippen molar-refractivity contribution in [1.82, 2.24) is 29.3 Å². The SMILES string of the molecule is CC(C)(C)NC(=O)NC1C=Cc2cnc(Nc3ccc4nsnc4c3)nc2N1c1c(Cl)cccc1Cl. The maximum atomic E-state index is 12.8. The summed E-state index contributed by atoms with van der Waals surface area (Å²) in [6.45, 7) is 5.72. The molecular formula is C24H22Cl2N8OS. The van der Waals surface area contributed by atoms with Crippen LogP contribution in [0.15, 0.2) is 48.7 Å². The van der Waals surface area contributed by atoms with E-state index in [1.807, 2.05) is 51.1 Å². The quantitative estimate of drug-likeness (QED) is 0.286. The lowest BCUT2D eigenvalue weighted by atomic mass is 10.1. The standard InChI is InChI=1S/C24H22Cl2N8OS/c1-24(2,3)31-23(35)29-19-10-7-13-12-27-22(28-14-8-9-17-18(11-14)33-36-32-17)30-21(13)34(19)20-15(25)5-4-6-16(20)26/h4-12,19H,1-3H3,(H,27,28,30)(H2,29,31,35). The summed E-state index contributed by atoms with van der Waals surface area (Å²) in [4.78, 5) is 23.8. The monoisotopic (exact) mass is 540 g/mol. The van der Waals surface area contributed by atoms with E-state index < -0.39 is 11.7 Å². The molecule has 5 rings (SSSR count). The molecule has 1 aliphatic heterocycles. The minimum Gasteiger partial charge on any atom is -0.334 e. The largest absolute Gasteiger partial charge is 0.334 e. The fourth-order valence-electron chi connectivity index (χ4n) is 3.74. The number of nitrogens with one attached hydrogen (secondary N) is 3. The summed E-state index contributed by atoms with van der Waals surface area (Å²) in [7, 11) is 0. The van der Waals surface area contributed by atoms with E-state index in [1.165, 1.54) is 0 Å². The number of rotatable bonds is 4. The Balaban J connectivity index is 1.54. The lowest BCUT2D eigenvalue weighted by Crippen LogP contribution is -2.54. The minimum atomic E-state index is -0.613. The summed E-state index contributed by atoms with van der Waals surface area (Å²) >= 11 is 14.4. The number of nitrogens with zero attached hydrogens (tertiary/aromatic N) is 5. The molecule has 0 fully saturated rings. The van der Waals surface area contributed by atoms with Gasteiger partial charge in [0.25, 0.3) is 0 Å². The third-order valence-electron chi connectivity index (χ3n) is 5.22.